The van der Waals surface area contributed by atoms with Gasteiger partial charge >= 0.3 is 12.2 Å². The van der Waals surface area contributed by atoms with Crippen molar-refractivity contribution in [3.05, 3.63) is 103 Å². The molecule has 54 heavy (non-hydrogen) atoms. The van der Waals surface area contributed by atoms with Gasteiger partial charge in [-0.25, -0.2) is 9.59 Å². The first-order valence-electron chi connectivity index (χ1n) is 18.4. The maximum absolute atomic E-state index is 13.2. The van der Waals surface area contributed by atoms with Crippen LogP contribution in [0.1, 0.15) is 109 Å². The molecule has 3 rings (SSSR count). The second kappa shape index (κ2) is 19.2. The average Bonchev–Trinajstić information content (AvgIpc) is 3.08. The molecule has 1 aromatic rings. The molecule has 14 heteroatoms. The number of benzene rings is 1. The van der Waals surface area contributed by atoms with Crippen molar-refractivity contribution >= 4 is 24.0 Å². The number of carbonyl (C=O) groups is 4. The molecule has 1 aromatic carbocycles. The Balaban J connectivity index is 1.80. The van der Waals surface area contributed by atoms with Gasteiger partial charge in [0, 0.05) is 50.0 Å². The van der Waals surface area contributed by atoms with Gasteiger partial charge in [-0.3, -0.25) is 9.59 Å². The highest BCUT2D eigenvalue weighted by Gasteiger charge is 2.29. The molecule has 0 bridgehead atoms. The van der Waals surface area contributed by atoms with E-state index >= 15 is 0 Å². The van der Waals surface area contributed by atoms with E-state index in [9.17, 15) is 29.3 Å². The number of amides is 4. The van der Waals surface area contributed by atoms with E-state index < -0.39 is 29.3 Å². The second-order valence-corrected chi connectivity index (χ2v) is 14.8. The van der Waals surface area contributed by atoms with Gasteiger partial charge in [-0.1, -0.05) is 26.8 Å². The third kappa shape index (κ3) is 12.4. The summed E-state index contributed by atoms with van der Waals surface area (Å²) in [6, 6.07) is 0. The van der Waals surface area contributed by atoms with Crippen LogP contribution in [0.5, 0.6) is 0 Å². The van der Waals surface area contributed by atoms with E-state index in [1.807, 2.05) is 20.8 Å². The summed E-state index contributed by atoms with van der Waals surface area (Å²) in [5.41, 5.74) is 4.98. The Hall–Kier alpha value is -5.24. The van der Waals surface area contributed by atoms with Crippen molar-refractivity contribution in [2.24, 2.45) is 0 Å². The van der Waals surface area contributed by atoms with Crippen LogP contribution in [0.25, 0.3) is 0 Å². The van der Waals surface area contributed by atoms with Gasteiger partial charge in [0.25, 0.3) is 5.70 Å². The number of ether oxygens (including phenoxy) is 2. The van der Waals surface area contributed by atoms with E-state index in [0.29, 0.717) is 34.7 Å². The summed E-state index contributed by atoms with van der Waals surface area (Å²) in [5, 5.41) is 24.5. The summed E-state index contributed by atoms with van der Waals surface area (Å²) in [4.78, 5) is 64.1. The van der Waals surface area contributed by atoms with Crippen LogP contribution in [0.3, 0.4) is 0 Å². The molecular formula is C40H56N6O8. The van der Waals surface area contributed by atoms with Crippen molar-refractivity contribution < 1.29 is 33.4 Å². The topological polar surface area (TPSA) is 181 Å². The van der Waals surface area contributed by atoms with Crippen molar-refractivity contribution in [3.63, 3.8) is 0 Å². The van der Waals surface area contributed by atoms with Gasteiger partial charge in [-0.2, -0.15) is 0 Å². The van der Waals surface area contributed by atoms with Crippen molar-refractivity contribution in [1.82, 2.24) is 26.3 Å². The Morgan fingerprint density at radius 2 is 1.11 bits per heavy atom. The average molecular weight is 749 g/mol. The SMILES string of the molecule is CCc1c(CNC(=O)CCC(=O)NCC2=CC=C[N+](=O)C2=C2C=CC=CN2[O-])c(CC)c(CNC(=O)OC(C)(C)C)c(CC)c1CNC(=O)OC(C)(C)C. The zero-order chi connectivity index (χ0) is 40.2. The Labute approximate surface area is 318 Å². The Morgan fingerprint density at radius 1 is 0.667 bits per heavy atom. The number of hydrogen-bond donors (Lipinski definition) is 4. The summed E-state index contributed by atoms with van der Waals surface area (Å²) in [6.45, 7) is 17.3. The van der Waals surface area contributed by atoms with Gasteiger partial charge in [-0.05, 0) is 119 Å². The fourth-order valence-corrected chi connectivity index (χ4v) is 6.31. The lowest BCUT2D eigenvalue weighted by atomic mass is 9.83. The van der Waals surface area contributed by atoms with Crippen LogP contribution in [0, 0.1) is 10.1 Å². The maximum atomic E-state index is 13.2. The molecule has 0 radical (unpaired) electrons. The van der Waals surface area contributed by atoms with E-state index in [2.05, 4.69) is 21.3 Å². The molecule has 0 saturated carbocycles. The summed E-state index contributed by atoms with van der Waals surface area (Å²) in [6.07, 6.45) is 11.0. The fourth-order valence-electron chi connectivity index (χ4n) is 6.31. The van der Waals surface area contributed by atoms with E-state index in [1.165, 1.54) is 24.6 Å². The van der Waals surface area contributed by atoms with Gasteiger partial charge in [0.1, 0.15) is 16.9 Å². The molecule has 0 atom stereocenters. The van der Waals surface area contributed by atoms with Gasteiger partial charge in [0.05, 0.1) is 10.3 Å². The number of carbonyl (C=O) groups excluding carboxylic acids is 4. The van der Waals surface area contributed by atoms with Crippen molar-refractivity contribution in [2.45, 2.75) is 125 Å². The largest absolute Gasteiger partial charge is 0.754 e. The highest BCUT2D eigenvalue weighted by molar-refractivity contribution is 5.84. The fraction of sp³-hybridized carbons (Fsp3) is 0.500. The van der Waals surface area contributed by atoms with E-state index in [0.717, 1.165) is 33.4 Å². The molecule has 14 nitrogen and oxygen atoms in total. The second-order valence-electron chi connectivity index (χ2n) is 14.8. The smallest absolute Gasteiger partial charge is 0.407 e. The third-order valence-electron chi connectivity index (χ3n) is 8.49. The van der Waals surface area contributed by atoms with Crippen LogP contribution in [-0.4, -0.2) is 51.6 Å². The first-order valence-corrected chi connectivity index (χ1v) is 18.4. The minimum atomic E-state index is -0.681. The normalized spacial score (nSPS) is 15.5. The molecule has 0 aromatic heterocycles. The highest BCUT2D eigenvalue weighted by atomic mass is 16.6. The lowest BCUT2D eigenvalue weighted by Crippen LogP contribution is -2.34. The molecule has 0 saturated heterocycles. The van der Waals surface area contributed by atoms with Gasteiger partial charge < -0.3 is 41.0 Å². The van der Waals surface area contributed by atoms with Crippen LogP contribution in [0.15, 0.2) is 59.7 Å². The number of hydrogen-bond acceptors (Lipinski definition) is 9. The van der Waals surface area contributed by atoms with Crippen LogP contribution >= 0.6 is 0 Å². The van der Waals surface area contributed by atoms with Crippen LogP contribution in [0.4, 0.5) is 9.59 Å². The van der Waals surface area contributed by atoms with Gasteiger partial charge in [0.2, 0.25) is 18.0 Å². The zero-order valence-corrected chi connectivity index (χ0v) is 33.1. The predicted molar refractivity (Wildman–Crippen MR) is 206 cm³/mol. The summed E-state index contributed by atoms with van der Waals surface area (Å²) < 4.78 is 11.6. The number of hydroxylamine groups is 2. The Kier molecular flexibility index (Phi) is 15.3. The van der Waals surface area contributed by atoms with Crippen molar-refractivity contribution in [1.29, 1.82) is 0 Å². The Morgan fingerprint density at radius 3 is 1.54 bits per heavy atom. The quantitative estimate of drug-likeness (QED) is 0.160. The summed E-state index contributed by atoms with van der Waals surface area (Å²) in [5.74, 6) is -0.743. The number of nitrogens with one attached hydrogen (secondary N) is 4. The molecule has 2 aliphatic heterocycles. The molecule has 2 aliphatic rings. The number of nitroso groups, excluding NO2 is 1. The number of allylic oxidation sites excluding steroid dienone is 5. The Bertz CT molecular complexity index is 1700. The predicted octanol–water partition coefficient (Wildman–Crippen LogP) is 6.26. The summed E-state index contributed by atoms with van der Waals surface area (Å²) >= 11 is 0. The van der Waals surface area contributed by atoms with E-state index in [4.69, 9.17) is 9.47 Å². The number of nitrogens with zero attached hydrogens (tertiary/aromatic N) is 2. The van der Waals surface area contributed by atoms with Gasteiger partial charge in [-0.15, -0.1) is 0 Å². The van der Waals surface area contributed by atoms with Crippen LogP contribution in [0.2, 0.25) is 0 Å². The molecule has 4 N–H and O–H groups in total. The zero-order valence-electron chi connectivity index (χ0n) is 33.1. The first kappa shape index (κ1) is 43.2. The third-order valence-corrected chi connectivity index (χ3v) is 8.49. The number of alkyl carbamates (subject to hydrolysis) is 2. The molecule has 294 valence electrons. The molecule has 0 unspecified atom stereocenters. The van der Waals surface area contributed by atoms with Crippen molar-refractivity contribution in [3.8, 4) is 0 Å². The lowest BCUT2D eigenvalue weighted by Gasteiger charge is -2.29. The molecular weight excluding hydrogens is 692 g/mol. The van der Waals surface area contributed by atoms with E-state index in [-0.39, 0.29) is 56.3 Å². The minimum absolute atomic E-state index is 0.0164. The first-order chi connectivity index (χ1) is 25.4. The minimum Gasteiger partial charge on any atom is -0.754 e. The standard InChI is InChI=1S/C40H56N6O8/c1-10-27-30(23-42-35(48)19-18-34(47)41-22-26-16-15-21-46(52)36(26)33-17-13-14-20-45(33)51)28(11-2)32(25-44-38(50)54-40(7,8)9)29(12-3)31(27)24-43-37(49)53-39(4,5)6/h13-17,20-21H,10-12,18-19,22-25H2,1-9H3,(H,41,47)(H,42,48)(H,43,49)(H,44,50). The molecule has 0 fully saturated rings. The summed E-state index contributed by atoms with van der Waals surface area (Å²) in [7, 11) is 0. The van der Waals surface area contributed by atoms with E-state index in [1.54, 1.807) is 59.8 Å². The maximum Gasteiger partial charge on any atom is 0.407 e. The monoisotopic (exact) mass is 748 g/mol. The lowest BCUT2D eigenvalue weighted by molar-refractivity contribution is -0.423. The highest BCUT2D eigenvalue weighted by Crippen LogP contribution is 2.31. The molecule has 0 aliphatic carbocycles. The molecule has 4 amide bonds. The van der Waals surface area contributed by atoms with Crippen LogP contribution in [-0.2, 0) is 58.0 Å². The number of rotatable bonds is 14. The molecule has 0 spiro atoms. The van der Waals surface area contributed by atoms with Gasteiger partial charge in [0.15, 0.2) is 0 Å². The van der Waals surface area contributed by atoms with Crippen LogP contribution < -0.4 is 21.3 Å². The molecule has 2 heterocycles. The van der Waals surface area contributed by atoms with Crippen molar-refractivity contribution in [2.75, 3.05) is 6.54 Å².